The Morgan fingerprint density at radius 2 is 1.85 bits per heavy atom. The van der Waals surface area contributed by atoms with E-state index in [2.05, 4.69) is 0 Å². The van der Waals surface area contributed by atoms with Gasteiger partial charge in [0.2, 0.25) is 11.3 Å². The molecule has 0 radical (unpaired) electrons. The van der Waals surface area contributed by atoms with Crippen LogP contribution >= 0.6 is 0 Å². The summed E-state index contributed by atoms with van der Waals surface area (Å²) in [6.07, 6.45) is 1.63. The smallest absolute Gasteiger partial charge is 0.242 e. The first-order chi connectivity index (χ1) is 12.5. The first kappa shape index (κ1) is 18.2. The largest absolute Gasteiger partial charge is 0.483 e. The van der Waals surface area contributed by atoms with E-state index in [-0.39, 0.29) is 23.6 Å². The van der Waals surface area contributed by atoms with Gasteiger partial charge in [-0.25, -0.2) is 0 Å². The summed E-state index contributed by atoms with van der Waals surface area (Å²) < 4.78 is 12.8. The van der Waals surface area contributed by atoms with E-state index in [1.165, 1.54) is 11.6 Å². The van der Waals surface area contributed by atoms with Crippen molar-refractivity contribution < 1.29 is 14.3 Å². The summed E-state index contributed by atoms with van der Waals surface area (Å²) in [5.41, 5.74) is 2.73. The Morgan fingerprint density at radius 1 is 1.15 bits per heavy atom. The Balaban J connectivity index is 1.70. The van der Waals surface area contributed by atoms with Crippen LogP contribution in [0.1, 0.15) is 16.8 Å². The molecule has 6 nitrogen and oxygen atoms in total. The van der Waals surface area contributed by atoms with Gasteiger partial charge in [-0.1, -0.05) is 29.8 Å². The first-order valence-corrected chi connectivity index (χ1v) is 8.78. The molecule has 1 aliphatic rings. The van der Waals surface area contributed by atoms with E-state index in [1.807, 2.05) is 38.1 Å². The van der Waals surface area contributed by atoms with Gasteiger partial charge in [0.05, 0.1) is 19.4 Å². The third-order valence-corrected chi connectivity index (χ3v) is 4.49. The van der Waals surface area contributed by atoms with Crippen molar-refractivity contribution >= 4 is 5.91 Å². The second-order valence-electron chi connectivity index (χ2n) is 6.54. The molecule has 0 atom stereocenters. The lowest BCUT2D eigenvalue weighted by Gasteiger charge is -2.27. The number of nitrogens with zero attached hydrogens (tertiary/aromatic N) is 2. The normalized spacial score (nSPS) is 14.3. The summed E-state index contributed by atoms with van der Waals surface area (Å²) >= 11 is 0. The van der Waals surface area contributed by atoms with Gasteiger partial charge >= 0.3 is 0 Å². The van der Waals surface area contributed by atoms with Crippen molar-refractivity contribution in [1.82, 2.24) is 9.47 Å². The second-order valence-corrected chi connectivity index (χ2v) is 6.54. The third-order valence-electron chi connectivity index (χ3n) is 4.49. The fourth-order valence-electron chi connectivity index (χ4n) is 2.83. The molecule has 0 N–H and O–H groups in total. The Labute approximate surface area is 153 Å². The van der Waals surface area contributed by atoms with Gasteiger partial charge in [0.1, 0.15) is 13.2 Å². The van der Waals surface area contributed by atoms with Crippen LogP contribution in [-0.2, 0) is 22.7 Å². The molecule has 1 saturated heterocycles. The van der Waals surface area contributed by atoms with E-state index in [0.717, 1.165) is 11.3 Å². The fraction of sp³-hybridized carbons (Fsp3) is 0.400. The predicted octanol–water partition coefficient (Wildman–Crippen LogP) is 1.90. The van der Waals surface area contributed by atoms with Crippen molar-refractivity contribution in [2.45, 2.75) is 27.0 Å². The quantitative estimate of drug-likeness (QED) is 0.821. The molecule has 1 aromatic heterocycles. The summed E-state index contributed by atoms with van der Waals surface area (Å²) in [4.78, 5) is 26.4. The number of rotatable bonds is 5. The van der Waals surface area contributed by atoms with E-state index in [4.69, 9.17) is 9.47 Å². The number of hydrogen-bond acceptors (Lipinski definition) is 4. The van der Waals surface area contributed by atoms with Gasteiger partial charge in [-0.05, 0) is 19.4 Å². The van der Waals surface area contributed by atoms with E-state index in [1.54, 1.807) is 15.7 Å². The molecule has 0 aliphatic carbocycles. The molecule has 0 saturated carbocycles. The molecule has 0 unspecified atom stereocenters. The number of ether oxygens (including phenoxy) is 2. The van der Waals surface area contributed by atoms with Gasteiger partial charge in [0.15, 0.2) is 5.75 Å². The minimum atomic E-state index is -0.176. The molecule has 138 valence electrons. The van der Waals surface area contributed by atoms with E-state index >= 15 is 0 Å². The molecule has 3 rings (SSSR count). The van der Waals surface area contributed by atoms with Crippen molar-refractivity contribution in [3.8, 4) is 5.75 Å². The van der Waals surface area contributed by atoms with Crippen molar-refractivity contribution in [1.29, 1.82) is 0 Å². The highest BCUT2D eigenvalue weighted by molar-refractivity contribution is 5.76. The van der Waals surface area contributed by atoms with Crippen molar-refractivity contribution in [2.24, 2.45) is 0 Å². The van der Waals surface area contributed by atoms with Gasteiger partial charge in [0.25, 0.3) is 0 Å². The summed E-state index contributed by atoms with van der Waals surface area (Å²) in [6.45, 7) is 6.69. The topological polar surface area (TPSA) is 60.8 Å². The van der Waals surface area contributed by atoms with Crippen LogP contribution in [-0.4, -0.2) is 41.7 Å². The summed E-state index contributed by atoms with van der Waals surface area (Å²) in [5, 5.41) is 0. The van der Waals surface area contributed by atoms with Crippen LogP contribution in [0.4, 0.5) is 0 Å². The minimum absolute atomic E-state index is 0.0181. The summed E-state index contributed by atoms with van der Waals surface area (Å²) in [6, 6.07) is 9.48. The van der Waals surface area contributed by atoms with Crippen molar-refractivity contribution in [3.05, 3.63) is 63.6 Å². The average molecular weight is 356 g/mol. The number of aromatic nitrogens is 1. The van der Waals surface area contributed by atoms with Crippen LogP contribution in [0.3, 0.4) is 0 Å². The molecule has 6 heteroatoms. The molecular weight excluding hydrogens is 332 g/mol. The Morgan fingerprint density at radius 3 is 2.54 bits per heavy atom. The molecule has 2 heterocycles. The number of carbonyl (C=O) groups is 1. The van der Waals surface area contributed by atoms with E-state index in [9.17, 15) is 9.59 Å². The van der Waals surface area contributed by atoms with E-state index in [0.29, 0.717) is 32.9 Å². The number of morpholine rings is 1. The SMILES string of the molecule is Cc1ccc(COc2cn(CC(=O)N3CCOCC3)c(C)cc2=O)cc1. The zero-order valence-corrected chi connectivity index (χ0v) is 15.2. The van der Waals surface area contributed by atoms with Crippen LogP contribution in [0.15, 0.2) is 41.3 Å². The Kier molecular flexibility index (Phi) is 5.73. The van der Waals surface area contributed by atoms with Gasteiger partial charge in [-0.3, -0.25) is 9.59 Å². The van der Waals surface area contributed by atoms with Crippen LogP contribution in [0.2, 0.25) is 0 Å². The highest BCUT2D eigenvalue weighted by Gasteiger charge is 2.18. The number of aryl methyl sites for hydroxylation is 2. The fourth-order valence-corrected chi connectivity index (χ4v) is 2.83. The molecule has 1 amide bonds. The van der Waals surface area contributed by atoms with E-state index < -0.39 is 0 Å². The third kappa shape index (κ3) is 4.52. The standard InChI is InChI=1S/C20H24N2O4/c1-15-3-5-17(6-4-15)14-26-19-12-22(16(2)11-18(19)23)13-20(24)21-7-9-25-10-8-21/h3-6,11-12H,7-10,13-14H2,1-2H3. The summed E-state index contributed by atoms with van der Waals surface area (Å²) in [5.74, 6) is 0.274. The van der Waals surface area contributed by atoms with Crippen LogP contribution in [0, 0.1) is 13.8 Å². The number of pyridine rings is 1. The lowest BCUT2D eigenvalue weighted by molar-refractivity contribution is -0.135. The molecule has 1 aromatic carbocycles. The Hall–Kier alpha value is -2.60. The highest BCUT2D eigenvalue weighted by atomic mass is 16.5. The minimum Gasteiger partial charge on any atom is -0.483 e. The molecule has 1 aliphatic heterocycles. The number of carbonyl (C=O) groups excluding carboxylic acids is 1. The monoisotopic (exact) mass is 356 g/mol. The molecule has 2 aromatic rings. The van der Waals surface area contributed by atoms with Crippen LogP contribution in [0.25, 0.3) is 0 Å². The second kappa shape index (κ2) is 8.19. The first-order valence-electron chi connectivity index (χ1n) is 8.78. The average Bonchev–Trinajstić information content (AvgIpc) is 2.65. The van der Waals surface area contributed by atoms with Gasteiger partial charge < -0.3 is 18.9 Å². The van der Waals surface area contributed by atoms with Crippen molar-refractivity contribution in [3.63, 3.8) is 0 Å². The summed E-state index contributed by atoms with van der Waals surface area (Å²) in [7, 11) is 0. The molecular formula is C20H24N2O4. The molecule has 26 heavy (non-hydrogen) atoms. The molecule has 0 bridgehead atoms. The Bertz CT molecular complexity index is 821. The maximum absolute atomic E-state index is 12.5. The van der Waals surface area contributed by atoms with Crippen LogP contribution < -0.4 is 10.2 Å². The number of hydrogen-bond donors (Lipinski definition) is 0. The van der Waals surface area contributed by atoms with Gasteiger partial charge in [-0.2, -0.15) is 0 Å². The lowest BCUT2D eigenvalue weighted by atomic mass is 10.2. The maximum atomic E-state index is 12.5. The number of benzene rings is 1. The molecule has 1 fully saturated rings. The van der Waals surface area contributed by atoms with Crippen LogP contribution in [0.5, 0.6) is 5.75 Å². The number of amides is 1. The van der Waals surface area contributed by atoms with Gasteiger partial charge in [0, 0.05) is 24.8 Å². The predicted molar refractivity (Wildman–Crippen MR) is 98.3 cm³/mol. The van der Waals surface area contributed by atoms with Crippen molar-refractivity contribution in [2.75, 3.05) is 26.3 Å². The highest BCUT2D eigenvalue weighted by Crippen LogP contribution is 2.11. The lowest BCUT2D eigenvalue weighted by Crippen LogP contribution is -2.42. The zero-order valence-electron chi connectivity index (χ0n) is 15.2. The molecule has 0 spiro atoms. The maximum Gasteiger partial charge on any atom is 0.242 e. The van der Waals surface area contributed by atoms with Gasteiger partial charge in [-0.15, -0.1) is 0 Å². The zero-order chi connectivity index (χ0) is 18.5.